The quantitative estimate of drug-likeness (QED) is 0.147. The van der Waals surface area contributed by atoms with Gasteiger partial charge in [-0.05, 0) is 82.6 Å². The SMILES string of the molecule is C[C@@H](c1ccccc1)N([C@@H](C)c1ccccc1)p1oc2c(-c3ccccc3)cc(-c3ccccc3)cc2c2cc(-c3ccccc3)cc(-c3ccccc3)c2o1. The molecule has 0 aliphatic heterocycles. The summed E-state index contributed by atoms with van der Waals surface area (Å²) in [5.41, 5.74) is 12.7. The monoisotopic (exact) mass is 743 g/mol. The number of hydrogen-bond donors (Lipinski definition) is 0. The number of fused-ring (bicyclic) bond motifs is 3. The van der Waals surface area contributed by atoms with Crippen LogP contribution in [0.4, 0.5) is 0 Å². The third kappa shape index (κ3) is 7.00. The Hall–Kier alpha value is -6.38. The maximum atomic E-state index is 7.57. The zero-order valence-electron chi connectivity index (χ0n) is 31.5. The van der Waals surface area contributed by atoms with Crippen LogP contribution < -0.4 is 4.67 Å². The van der Waals surface area contributed by atoms with Crippen molar-refractivity contribution in [1.82, 2.24) is 0 Å². The van der Waals surface area contributed by atoms with E-state index in [-0.39, 0.29) is 12.1 Å². The molecule has 2 atom stereocenters. The Bertz CT molecular complexity index is 2560. The molecule has 1 aromatic heterocycles. The summed E-state index contributed by atoms with van der Waals surface area (Å²) in [4.78, 5) is 0. The fourth-order valence-electron chi connectivity index (χ4n) is 7.77. The maximum Gasteiger partial charge on any atom is 0.310 e. The van der Waals surface area contributed by atoms with Gasteiger partial charge in [0.1, 0.15) is 0 Å². The first-order valence-electron chi connectivity index (χ1n) is 19.2. The van der Waals surface area contributed by atoms with E-state index >= 15 is 0 Å². The van der Waals surface area contributed by atoms with Crippen molar-refractivity contribution in [1.29, 1.82) is 0 Å². The van der Waals surface area contributed by atoms with Crippen LogP contribution >= 0.6 is 8.16 Å². The average Bonchev–Trinajstić information content (AvgIpc) is 3.44. The van der Waals surface area contributed by atoms with E-state index in [1.165, 1.54) is 11.1 Å². The second-order valence-electron chi connectivity index (χ2n) is 14.2. The topological polar surface area (TPSA) is 29.5 Å². The molecular formula is C52H42NO2P. The van der Waals surface area contributed by atoms with Crippen LogP contribution in [-0.2, 0) is 0 Å². The van der Waals surface area contributed by atoms with Gasteiger partial charge in [-0.3, -0.25) is 0 Å². The Labute approximate surface area is 329 Å². The molecule has 8 aromatic carbocycles. The summed E-state index contributed by atoms with van der Waals surface area (Å²) in [5.74, 6) is 0. The lowest BCUT2D eigenvalue weighted by molar-refractivity contribution is 0.559. The highest BCUT2D eigenvalue weighted by molar-refractivity contribution is 7.39. The predicted octanol–water partition coefficient (Wildman–Crippen LogP) is 15.4. The number of hydrogen-bond acceptors (Lipinski definition) is 3. The molecule has 0 unspecified atom stereocenters. The molecule has 1 heterocycles. The Balaban J connectivity index is 1.47. The van der Waals surface area contributed by atoms with E-state index in [4.69, 9.17) is 8.39 Å². The van der Waals surface area contributed by atoms with Gasteiger partial charge >= 0.3 is 8.16 Å². The number of nitrogens with zero attached hydrogens (tertiary/aromatic N) is 1. The van der Waals surface area contributed by atoms with Gasteiger partial charge in [0.15, 0.2) is 11.2 Å². The molecule has 9 aromatic rings. The highest BCUT2D eigenvalue weighted by Crippen LogP contribution is 2.50. The molecule has 272 valence electrons. The van der Waals surface area contributed by atoms with Crippen molar-refractivity contribution in [3.05, 3.63) is 217 Å². The third-order valence-corrected chi connectivity index (χ3v) is 12.5. The van der Waals surface area contributed by atoms with E-state index in [1.54, 1.807) is 0 Å². The summed E-state index contributed by atoms with van der Waals surface area (Å²) in [6.07, 6.45) is 0. The van der Waals surface area contributed by atoms with Crippen LogP contribution in [0.15, 0.2) is 215 Å². The van der Waals surface area contributed by atoms with Gasteiger partial charge in [0, 0.05) is 34.0 Å². The maximum absolute atomic E-state index is 7.57. The van der Waals surface area contributed by atoms with Crippen molar-refractivity contribution in [2.75, 3.05) is 4.67 Å². The molecule has 0 amide bonds. The zero-order valence-corrected chi connectivity index (χ0v) is 32.4. The van der Waals surface area contributed by atoms with Crippen LogP contribution in [0.5, 0.6) is 0 Å². The highest BCUT2D eigenvalue weighted by Gasteiger charge is 2.30. The highest BCUT2D eigenvalue weighted by atomic mass is 31.1. The van der Waals surface area contributed by atoms with Crippen LogP contribution in [0.2, 0.25) is 0 Å². The standard InChI is InChI=1S/C52H42NO2P/c1-37(39-21-9-3-10-22-39)53(38(2)40-23-11-4-12-24-40)56-54-51-47(43-29-17-7-18-30-43)33-45(41-25-13-5-14-26-41)35-49(51)50-36-46(42-27-15-6-16-28-42)34-48(52(50)55-56)44-31-19-8-20-32-44/h3-38H,1-2H3/t37-,38-/m0/s1. The molecule has 9 rings (SSSR count). The van der Waals surface area contributed by atoms with Gasteiger partial charge in [-0.25, -0.2) is 0 Å². The minimum Gasteiger partial charge on any atom is -0.407 e. The smallest absolute Gasteiger partial charge is 0.310 e. The molecule has 0 radical (unpaired) electrons. The van der Waals surface area contributed by atoms with Gasteiger partial charge in [-0.15, -0.1) is 0 Å². The van der Waals surface area contributed by atoms with Crippen molar-refractivity contribution in [3.8, 4) is 44.5 Å². The fourth-order valence-corrected chi connectivity index (χ4v) is 9.53. The van der Waals surface area contributed by atoms with E-state index in [0.717, 1.165) is 66.4 Å². The molecule has 0 aliphatic carbocycles. The van der Waals surface area contributed by atoms with E-state index in [2.05, 4.69) is 225 Å². The van der Waals surface area contributed by atoms with Crippen molar-refractivity contribution in [2.45, 2.75) is 25.9 Å². The van der Waals surface area contributed by atoms with Crippen molar-refractivity contribution in [3.63, 3.8) is 0 Å². The molecule has 0 saturated heterocycles. The van der Waals surface area contributed by atoms with Crippen molar-refractivity contribution < 1.29 is 8.39 Å². The van der Waals surface area contributed by atoms with E-state index in [9.17, 15) is 0 Å². The van der Waals surface area contributed by atoms with E-state index < -0.39 is 8.16 Å². The fraction of sp³-hybridized carbons (Fsp3) is 0.0769. The van der Waals surface area contributed by atoms with Crippen LogP contribution in [0.1, 0.15) is 37.1 Å². The van der Waals surface area contributed by atoms with E-state index in [0.29, 0.717) is 0 Å². The lowest BCUT2D eigenvalue weighted by Crippen LogP contribution is -2.27. The van der Waals surface area contributed by atoms with Gasteiger partial charge in [0.25, 0.3) is 0 Å². The Morgan fingerprint density at radius 3 is 1.00 bits per heavy atom. The zero-order chi connectivity index (χ0) is 37.8. The Morgan fingerprint density at radius 1 is 0.357 bits per heavy atom. The molecule has 0 aliphatic rings. The third-order valence-electron chi connectivity index (χ3n) is 10.7. The molecule has 0 saturated carbocycles. The summed E-state index contributed by atoms with van der Waals surface area (Å²) in [5, 5.41) is 2.00. The molecular weight excluding hydrogens is 702 g/mol. The minimum atomic E-state index is -1.77. The Kier molecular flexibility index (Phi) is 9.95. The molecule has 0 bridgehead atoms. The normalized spacial score (nSPS) is 12.5. The van der Waals surface area contributed by atoms with Crippen LogP contribution in [0, 0.1) is 0 Å². The van der Waals surface area contributed by atoms with Crippen LogP contribution in [-0.4, -0.2) is 0 Å². The molecule has 4 heteroatoms. The first-order chi connectivity index (χ1) is 27.6. The average molecular weight is 744 g/mol. The predicted molar refractivity (Wildman–Crippen MR) is 236 cm³/mol. The minimum absolute atomic E-state index is 0.0462. The summed E-state index contributed by atoms with van der Waals surface area (Å²) in [6.45, 7) is 4.54. The van der Waals surface area contributed by atoms with Gasteiger partial charge in [-0.2, -0.15) is 4.67 Å². The van der Waals surface area contributed by atoms with Gasteiger partial charge in [0.2, 0.25) is 0 Å². The summed E-state index contributed by atoms with van der Waals surface area (Å²) < 4.78 is 17.6. The lowest BCUT2D eigenvalue weighted by atomic mass is 9.92. The molecule has 0 N–H and O–H groups in total. The molecule has 0 fully saturated rings. The first kappa shape index (κ1) is 35.3. The van der Waals surface area contributed by atoms with Gasteiger partial charge in [-0.1, -0.05) is 182 Å². The van der Waals surface area contributed by atoms with E-state index in [1.807, 2.05) is 0 Å². The summed E-state index contributed by atoms with van der Waals surface area (Å²) in [6, 6.07) is 73.0. The number of rotatable bonds is 9. The first-order valence-corrected chi connectivity index (χ1v) is 20.4. The second-order valence-corrected chi connectivity index (χ2v) is 15.5. The van der Waals surface area contributed by atoms with Crippen molar-refractivity contribution in [2.24, 2.45) is 0 Å². The van der Waals surface area contributed by atoms with Gasteiger partial charge in [0.05, 0.1) is 0 Å². The molecule has 3 nitrogen and oxygen atoms in total. The largest absolute Gasteiger partial charge is 0.407 e. The molecule has 56 heavy (non-hydrogen) atoms. The van der Waals surface area contributed by atoms with Crippen molar-refractivity contribution >= 4 is 30.1 Å². The van der Waals surface area contributed by atoms with Crippen LogP contribution in [0.25, 0.3) is 66.4 Å². The lowest BCUT2D eigenvalue weighted by Gasteiger charge is -2.32. The van der Waals surface area contributed by atoms with Gasteiger partial charge < -0.3 is 8.39 Å². The van der Waals surface area contributed by atoms with Crippen LogP contribution in [0.3, 0.4) is 0 Å². The second kappa shape index (κ2) is 15.8. The summed E-state index contributed by atoms with van der Waals surface area (Å²) >= 11 is 0. The molecule has 0 spiro atoms. The summed E-state index contributed by atoms with van der Waals surface area (Å²) in [7, 11) is -1.77. The Morgan fingerprint density at radius 2 is 0.661 bits per heavy atom. The number of benzene rings is 8.